The van der Waals surface area contributed by atoms with Gasteiger partial charge in [-0.2, -0.15) is 10.2 Å². The van der Waals surface area contributed by atoms with Crippen LogP contribution in [0.25, 0.3) is 10.9 Å². The molecule has 3 aliphatic rings. The summed E-state index contributed by atoms with van der Waals surface area (Å²) in [6.45, 7) is 5.81. The third-order valence-corrected chi connectivity index (χ3v) is 7.04. The lowest BCUT2D eigenvalue weighted by molar-refractivity contribution is -0.142. The van der Waals surface area contributed by atoms with E-state index in [9.17, 15) is 18.4 Å². The number of halogens is 2. The Morgan fingerprint density at radius 2 is 1.94 bits per heavy atom. The number of nitrogens with zero attached hydrogens (tertiary/aromatic N) is 4. The Balaban J connectivity index is 1.29. The molecule has 0 bridgehead atoms. The fraction of sp³-hybridized carbons (Fsp3) is 0.385. The Bertz CT molecular complexity index is 1260. The fourth-order valence-electron chi connectivity index (χ4n) is 5.33. The number of carbonyl (C=O) groups excluding carboxylic acids is 2. The number of ether oxygens (including phenoxy) is 1. The highest BCUT2D eigenvalue weighted by atomic mass is 19.1. The maximum Gasteiger partial charge on any atom is 0.257 e. The van der Waals surface area contributed by atoms with E-state index in [1.807, 2.05) is 24.3 Å². The van der Waals surface area contributed by atoms with Gasteiger partial charge in [0.2, 0.25) is 0 Å². The number of aromatic nitrogens is 2. The molecule has 0 aliphatic carbocycles. The molecule has 0 saturated carbocycles. The molecule has 35 heavy (non-hydrogen) atoms. The lowest BCUT2D eigenvalue weighted by Crippen LogP contribution is -2.52. The summed E-state index contributed by atoms with van der Waals surface area (Å²) in [7, 11) is 0. The minimum atomic E-state index is -1.00. The van der Waals surface area contributed by atoms with Gasteiger partial charge in [-0.3, -0.25) is 9.59 Å². The largest absolute Gasteiger partial charge is 0.342 e. The van der Waals surface area contributed by atoms with Gasteiger partial charge in [0.05, 0.1) is 29.1 Å². The minimum absolute atomic E-state index is 0.153. The van der Waals surface area contributed by atoms with Crippen molar-refractivity contribution < 1.29 is 23.1 Å². The van der Waals surface area contributed by atoms with Crippen molar-refractivity contribution in [3.63, 3.8) is 0 Å². The molecule has 9 heteroatoms. The topological polar surface area (TPSA) is 75.6 Å². The Hall–Kier alpha value is -3.46. The molecule has 3 aliphatic heterocycles. The molecule has 1 aromatic heterocycles. The number of benzene rings is 1. The lowest BCUT2D eigenvalue weighted by atomic mass is 9.89. The smallest absolute Gasteiger partial charge is 0.257 e. The molecule has 0 radical (unpaired) electrons. The standard InChI is InChI=1S/C26H26F2N4O3/c1-16(13-18(28)14-17(2)27)22-7-8-23-32(22)25(34)26(35-23)9-11-31(12-10-26)24(33)20-15-29-30-21-6-4-3-5-19(20)21/h3-6,13-15,22-23H,1,7-12H2,2H3/b17-14+,18-13+/t22-,23+/m0/s1. The van der Waals surface area contributed by atoms with E-state index in [1.165, 1.54) is 12.3 Å². The Morgan fingerprint density at radius 3 is 2.69 bits per heavy atom. The highest BCUT2D eigenvalue weighted by molar-refractivity contribution is 6.05. The molecular weight excluding hydrogens is 454 g/mol. The second kappa shape index (κ2) is 8.96. The van der Waals surface area contributed by atoms with E-state index in [0.29, 0.717) is 55.4 Å². The van der Waals surface area contributed by atoms with Crippen molar-refractivity contribution in [1.82, 2.24) is 20.0 Å². The van der Waals surface area contributed by atoms with Gasteiger partial charge in [0, 0.05) is 37.4 Å². The van der Waals surface area contributed by atoms with Crippen LogP contribution in [0.15, 0.2) is 66.4 Å². The quantitative estimate of drug-likeness (QED) is 0.612. The second-order valence-electron chi connectivity index (χ2n) is 9.28. The highest BCUT2D eigenvalue weighted by Crippen LogP contribution is 2.44. The summed E-state index contributed by atoms with van der Waals surface area (Å²) in [6, 6.07) is 6.94. The second-order valence-corrected chi connectivity index (χ2v) is 9.28. The molecule has 4 heterocycles. The SMILES string of the molecule is C=C(/C=C(F)\C=C(/C)F)[C@@H]1CC[C@H]2OC3(CCN(C(=O)c4cnnc5ccccc45)CC3)C(=O)N21. The van der Waals surface area contributed by atoms with Crippen molar-refractivity contribution in [2.24, 2.45) is 0 Å². The summed E-state index contributed by atoms with van der Waals surface area (Å²) in [4.78, 5) is 30.1. The molecule has 182 valence electrons. The van der Waals surface area contributed by atoms with Crippen LogP contribution in [0.2, 0.25) is 0 Å². The van der Waals surface area contributed by atoms with Gasteiger partial charge in [0.1, 0.15) is 12.1 Å². The predicted octanol–water partition coefficient (Wildman–Crippen LogP) is 4.23. The molecule has 2 amide bonds. The average Bonchev–Trinajstić information content (AvgIpc) is 3.36. The van der Waals surface area contributed by atoms with Gasteiger partial charge in [-0.25, -0.2) is 8.78 Å². The van der Waals surface area contributed by atoms with Crippen molar-refractivity contribution in [3.8, 4) is 0 Å². The Labute approximate surface area is 201 Å². The van der Waals surface area contributed by atoms with Crippen LogP contribution < -0.4 is 0 Å². The van der Waals surface area contributed by atoms with Crippen molar-refractivity contribution >= 4 is 22.7 Å². The molecular formula is C26H26F2N4O3. The summed E-state index contributed by atoms with van der Waals surface area (Å²) in [6.07, 6.45) is 4.98. The van der Waals surface area contributed by atoms with Crippen LogP contribution in [0.1, 0.15) is 43.0 Å². The maximum absolute atomic E-state index is 14.0. The number of hydrogen-bond acceptors (Lipinski definition) is 5. The lowest BCUT2D eigenvalue weighted by Gasteiger charge is -2.37. The number of allylic oxidation sites excluding steroid dienone is 3. The maximum atomic E-state index is 14.0. The third-order valence-electron chi connectivity index (χ3n) is 7.04. The van der Waals surface area contributed by atoms with Gasteiger partial charge >= 0.3 is 0 Å². The van der Waals surface area contributed by atoms with Crippen LogP contribution in [0.4, 0.5) is 8.78 Å². The first-order valence-electron chi connectivity index (χ1n) is 11.7. The Kier molecular flexibility index (Phi) is 5.96. The van der Waals surface area contributed by atoms with E-state index in [0.717, 1.165) is 18.4 Å². The van der Waals surface area contributed by atoms with E-state index in [4.69, 9.17) is 4.74 Å². The summed E-state index contributed by atoms with van der Waals surface area (Å²) < 4.78 is 33.3. The predicted molar refractivity (Wildman–Crippen MR) is 125 cm³/mol. The first-order valence-corrected chi connectivity index (χ1v) is 11.7. The van der Waals surface area contributed by atoms with Crippen molar-refractivity contribution in [3.05, 3.63) is 72.0 Å². The molecule has 3 fully saturated rings. The van der Waals surface area contributed by atoms with Crippen molar-refractivity contribution in [2.45, 2.75) is 50.5 Å². The van der Waals surface area contributed by atoms with E-state index < -0.39 is 29.5 Å². The van der Waals surface area contributed by atoms with Crippen LogP contribution in [0.5, 0.6) is 0 Å². The van der Waals surface area contributed by atoms with Crippen LogP contribution in [0, 0.1) is 0 Å². The first kappa shape index (κ1) is 23.3. The zero-order chi connectivity index (χ0) is 24.7. The Morgan fingerprint density at radius 1 is 1.20 bits per heavy atom. The number of fused-ring (bicyclic) bond motifs is 2. The number of rotatable bonds is 4. The highest BCUT2D eigenvalue weighted by Gasteiger charge is 2.58. The molecule has 2 aromatic rings. The van der Waals surface area contributed by atoms with Crippen LogP contribution in [-0.2, 0) is 9.53 Å². The van der Waals surface area contributed by atoms with Gasteiger partial charge in [-0.1, -0.05) is 24.8 Å². The summed E-state index contributed by atoms with van der Waals surface area (Å²) in [5, 5.41) is 8.78. The van der Waals surface area contributed by atoms with E-state index >= 15 is 0 Å². The molecule has 0 unspecified atom stereocenters. The van der Waals surface area contributed by atoms with Crippen molar-refractivity contribution in [2.75, 3.05) is 13.1 Å². The van der Waals surface area contributed by atoms with E-state index in [-0.39, 0.29) is 11.8 Å². The molecule has 3 saturated heterocycles. The van der Waals surface area contributed by atoms with Gasteiger partial charge in [-0.15, -0.1) is 0 Å². The zero-order valence-electron chi connectivity index (χ0n) is 19.4. The summed E-state index contributed by atoms with van der Waals surface area (Å²) >= 11 is 0. The van der Waals surface area contributed by atoms with Crippen molar-refractivity contribution in [1.29, 1.82) is 0 Å². The zero-order valence-corrected chi connectivity index (χ0v) is 19.4. The fourth-order valence-corrected chi connectivity index (χ4v) is 5.33. The molecule has 7 nitrogen and oxygen atoms in total. The summed E-state index contributed by atoms with van der Waals surface area (Å²) in [5.74, 6) is -1.70. The monoisotopic (exact) mass is 480 g/mol. The van der Waals surface area contributed by atoms with Gasteiger partial charge in [0.25, 0.3) is 11.8 Å². The average molecular weight is 481 g/mol. The number of carbonyl (C=O) groups is 2. The molecule has 1 aromatic carbocycles. The van der Waals surface area contributed by atoms with Gasteiger partial charge in [-0.05, 0) is 37.5 Å². The number of piperidine rings is 1. The molecule has 1 spiro atoms. The first-order chi connectivity index (χ1) is 16.8. The summed E-state index contributed by atoms with van der Waals surface area (Å²) in [5.41, 5.74) is 0.529. The van der Waals surface area contributed by atoms with Crippen LogP contribution in [0.3, 0.4) is 0 Å². The van der Waals surface area contributed by atoms with Crippen LogP contribution >= 0.6 is 0 Å². The molecule has 0 N–H and O–H groups in total. The molecule has 5 rings (SSSR count). The van der Waals surface area contributed by atoms with E-state index in [2.05, 4.69) is 16.8 Å². The number of likely N-dealkylation sites (tertiary alicyclic amines) is 1. The third kappa shape index (κ3) is 4.14. The van der Waals surface area contributed by atoms with Crippen LogP contribution in [-0.4, -0.2) is 62.8 Å². The van der Waals surface area contributed by atoms with Gasteiger partial charge < -0.3 is 14.5 Å². The molecule has 2 atom stereocenters. The minimum Gasteiger partial charge on any atom is -0.342 e. The van der Waals surface area contributed by atoms with E-state index in [1.54, 1.807) is 9.80 Å². The normalized spacial score (nSPS) is 24.4. The number of amides is 2. The number of hydrogen-bond donors (Lipinski definition) is 0. The van der Waals surface area contributed by atoms with Gasteiger partial charge in [0.15, 0.2) is 5.60 Å².